The molecule has 1 saturated heterocycles. The van der Waals surface area contributed by atoms with E-state index in [9.17, 15) is 14.6 Å². The third kappa shape index (κ3) is 2.11. The van der Waals surface area contributed by atoms with Crippen LogP contribution >= 0.6 is 12.2 Å². The number of hydrogen-bond donors (Lipinski definition) is 3. The Hall–Kier alpha value is -1.53. The van der Waals surface area contributed by atoms with Crippen LogP contribution < -0.4 is 5.73 Å². The maximum absolute atomic E-state index is 14.1. The Morgan fingerprint density at radius 3 is 2.89 bits per heavy atom. The lowest BCUT2D eigenvalue weighted by Gasteiger charge is -2.23. The van der Waals surface area contributed by atoms with Crippen LogP contribution in [0.25, 0.3) is 0 Å². The van der Waals surface area contributed by atoms with Crippen LogP contribution in [0.1, 0.15) is 6.23 Å². The average Bonchev–Trinajstić information content (AvgIpc) is 2.64. The first kappa shape index (κ1) is 13.9. The van der Waals surface area contributed by atoms with Gasteiger partial charge in [0.15, 0.2) is 18.0 Å². The fraction of sp³-hybridized carbons (Fsp3) is 0.455. The van der Waals surface area contributed by atoms with Crippen LogP contribution in [0, 0.1) is 17.1 Å². The molecule has 0 saturated carbocycles. The molecule has 1 unspecified atom stereocenters. The number of anilines is 1. The number of nitrogen functional groups attached to an aromatic ring is 1. The Kier molecular flexibility index (Phi) is 3.56. The van der Waals surface area contributed by atoms with Crippen molar-refractivity contribution in [2.45, 2.75) is 24.1 Å². The van der Waals surface area contributed by atoms with Crippen LogP contribution in [-0.4, -0.2) is 44.2 Å². The number of ether oxygens (including phenoxy) is 1. The third-order valence-corrected chi connectivity index (χ3v) is 3.29. The number of rotatable bonds is 2. The molecule has 1 fully saturated rings. The van der Waals surface area contributed by atoms with Gasteiger partial charge >= 0.3 is 0 Å². The lowest BCUT2D eigenvalue weighted by atomic mass is 9.98. The number of hydrogen-bond acceptors (Lipinski definition) is 6. The lowest BCUT2D eigenvalue weighted by molar-refractivity contribution is -0.0917. The molecule has 0 aliphatic carbocycles. The molecule has 2 rings (SSSR count). The minimum Gasteiger partial charge on any atom is -0.392 e. The second-order valence-corrected chi connectivity index (χ2v) is 4.50. The zero-order valence-electron chi connectivity index (χ0n) is 9.73. The highest BCUT2D eigenvalue weighted by atomic mass is 32.1. The largest absolute Gasteiger partial charge is 0.392 e. The van der Waals surface area contributed by atoms with Gasteiger partial charge in [0.05, 0.1) is 6.61 Å². The highest BCUT2D eigenvalue weighted by Gasteiger charge is 2.55. The summed E-state index contributed by atoms with van der Waals surface area (Å²) in [5.74, 6) is 2.26. The second kappa shape index (κ2) is 4.86. The summed E-state index contributed by atoms with van der Waals surface area (Å²) in [5.41, 5.74) is 3.65. The van der Waals surface area contributed by atoms with Crippen molar-refractivity contribution in [3.63, 3.8) is 0 Å². The Morgan fingerprint density at radius 1 is 1.74 bits per heavy atom. The number of terminal acetylenes is 1. The number of nitrogens with two attached hydrogens (primary N) is 1. The van der Waals surface area contributed by atoms with Crippen molar-refractivity contribution in [3.05, 3.63) is 17.0 Å². The first-order chi connectivity index (χ1) is 8.95. The van der Waals surface area contributed by atoms with Gasteiger partial charge in [0, 0.05) is 6.20 Å². The summed E-state index contributed by atoms with van der Waals surface area (Å²) in [6.07, 6.45) is 1.82. The summed E-state index contributed by atoms with van der Waals surface area (Å²) in [6.45, 7) is -0.711. The first-order valence-electron chi connectivity index (χ1n) is 5.38. The fourth-order valence-electron chi connectivity index (χ4n) is 1.89. The smallest absolute Gasteiger partial charge is 0.203 e. The molecule has 19 heavy (non-hydrogen) atoms. The number of aliphatic hydroxyl groups excluding tert-OH is 2. The Bertz CT molecular complexity index is 587. The highest BCUT2D eigenvalue weighted by molar-refractivity contribution is 7.71. The SMILES string of the molecule is C#CC1(CO)O[C@@H](n2ccc(N)nc2=S)[C@@H](F)[C@H]1O. The molecule has 0 aromatic carbocycles. The second-order valence-electron chi connectivity index (χ2n) is 4.13. The summed E-state index contributed by atoms with van der Waals surface area (Å²) in [6, 6.07) is 1.41. The van der Waals surface area contributed by atoms with Gasteiger partial charge in [0.1, 0.15) is 11.9 Å². The topological polar surface area (TPSA) is 93.5 Å². The maximum atomic E-state index is 14.1. The number of halogens is 1. The summed E-state index contributed by atoms with van der Waals surface area (Å²) in [4.78, 5) is 3.79. The number of alkyl halides is 1. The van der Waals surface area contributed by atoms with Crippen LogP contribution in [0.2, 0.25) is 0 Å². The Balaban J connectivity index is 2.43. The fourth-order valence-corrected chi connectivity index (χ4v) is 2.16. The summed E-state index contributed by atoms with van der Waals surface area (Å²) in [7, 11) is 0. The molecular weight excluding hydrogens is 273 g/mol. The molecule has 0 radical (unpaired) electrons. The predicted octanol–water partition coefficient (Wildman–Crippen LogP) is -0.213. The predicted molar refractivity (Wildman–Crippen MR) is 67.1 cm³/mol. The van der Waals surface area contributed by atoms with E-state index < -0.39 is 30.7 Å². The molecule has 102 valence electrons. The molecule has 1 aliphatic rings. The zero-order valence-corrected chi connectivity index (χ0v) is 10.5. The van der Waals surface area contributed by atoms with Gasteiger partial charge in [-0.15, -0.1) is 6.42 Å². The highest BCUT2D eigenvalue weighted by Crippen LogP contribution is 2.38. The van der Waals surface area contributed by atoms with Crippen LogP contribution in [0.5, 0.6) is 0 Å². The Morgan fingerprint density at radius 2 is 2.42 bits per heavy atom. The summed E-state index contributed by atoms with van der Waals surface area (Å²) < 4.78 is 20.6. The molecular formula is C11H12FN3O3S. The quantitative estimate of drug-likeness (QED) is 0.514. The molecule has 0 spiro atoms. The number of aromatic nitrogens is 2. The number of aliphatic hydroxyl groups is 2. The van der Waals surface area contributed by atoms with Crippen molar-refractivity contribution in [2.75, 3.05) is 12.3 Å². The van der Waals surface area contributed by atoms with E-state index in [0.717, 1.165) is 0 Å². The monoisotopic (exact) mass is 285 g/mol. The van der Waals surface area contributed by atoms with Gasteiger partial charge in [-0.2, -0.15) is 0 Å². The van der Waals surface area contributed by atoms with Crippen LogP contribution in [0.15, 0.2) is 12.3 Å². The molecule has 1 aliphatic heterocycles. The lowest BCUT2D eigenvalue weighted by Crippen LogP contribution is -2.44. The van der Waals surface area contributed by atoms with Gasteiger partial charge in [-0.25, -0.2) is 9.37 Å². The third-order valence-electron chi connectivity index (χ3n) is 2.99. The average molecular weight is 285 g/mol. The molecule has 0 bridgehead atoms. The first-order valence-corrected chi connectivity index (χ1v) is 5.79. The van der Waals surface area contributed by atoms with Crippen molar-refractivity contribution in [1.82, 2.24) is 9.55 Å². The molecule has 6 nitrogen and oxygen atoms in total. The molecule has 1 aromatic rings. The van der Waals surface area contributed by atoms with E-state index >= 15 is 0 Å². The van der Waals surface area contributed by atoms with Gasteiger partial charge in [-0.3, -0.25) is 4.57 Å². The van der Waals surface area contributed by atoms with Crippen molar-refractivity contribution < 1.29 is 19.3 Å². The standard InChI is InChI=1S/C11H12FN3O3S/c1-2-11(5-16)8(17)7(12)9(18-11)15-4-3-6(13)14-10(15)19/h1,3-4,7-9,16-17H,5H2,(H2,13,14,19)/t7-,8+,9+,11?/m0/s1. The molecule has 4 N–H and O–H groups in total. The van der Waals surface area contributed by atoms with Crippen molar-refractivity contribution in [3.8, 4) is 12.3 Å². The van der Waals surface area contributed by atoms with Crippen LogP contribution in [0.3, 0.4) is 0 Å². The van der Waals surface area contributed by atoms with E-state index in [1.807, 2.05) is 0 Å². The molecule has 8 heteroatoms. The van der Waals surface area contributed by atoms with Gasteiger partial charge in [0.2, 0.25) is 4.77 Å². The van der Waals surface area contributed by atoms with E-state index in [1.165, 1.54) is 16.8 Å². The van der Waals surface area contributed by atoms with E-state index in [-0.39, 0.29) is 10.6 Å². The van der Waals surface area contributed by atoms with Gasteiger partial charge in [-0.05, 0) is 18.3 Å². The van der Waals surface area contributed by atoms with Crippen LogP contribution in [0.4, 0.5) is 10.2 Å². The Labute approximate surface area is 113 Å². The maximum Gasteiger partial charge on any atom is 0.203 e. The molecule has 0 amide bonds. The van der Waals surface area contributed by atoms with E-state index in [1.54, 1.807) is 0 Å². The van der Waals surface area contributed by atoms with Gasteiger partial charge in [-0.1, -0.05) is 5.92 Å². The van der Waals surface area contributed by atoms with Crippen LogP contribution in [-0.2, 0) is 4.74 Å². The molecule has 1 aromatic heterocycles. The van der Waals surface area contributed by atoms with Gasteiger partial charge < -0.3 is 20.7 Å². The minimum atomic E-state index is -1.85. The minimum absolute atomic E-state index is 0.00869. The van der Waals surface area contributed by atoms with Crippen molar-refractivity contribution >= 4 is 18.0 Å². The van der Waals surface area contributed by atoms with E-state index in [4.69, 9.17) is 29.1 Å². The zero-order chi connectivity index (χ0) is 14.2. The van der Waals surface area contributed by atoms with E-state index in [0.29, 0.717) is 0 Å². The van der Waals surface area contributed by atoms with Crippen molar-refractivity contribution in [1.29, 1.82) is 0 Å². The molecule has 4 atom stereocenters. The summed E-state index contributed by atoms with van der Waals surface area (Å²) in [5, 5.41) is 19.0. The normalized spacial score (nSPS) is 34.1. The molecule has 2 heterocycles. The van der Waals surface area contributed by atoms with Gasteiger partial charge in [0.25, 0.3) is 0 Å². The summed E-state index contributed by atoms with van der Waals surface area (Å²) >= 11 is 4.94. The van der Waals surface area contributed by atoms with Crippen molar-refractivity contribution in [2.24, 2.45) is 0 Å². The van der Waals surface area contributed by atoms with E-state index in [2.05, 4.69) is 10.9 Å². The number of nitrogens with zero attached hydrogens (tertiary/aromatic N) is 2.